The lowest BCUT2D eigenvalue weighted by Crippen LogP contribution is -2.27. The van der Waals surface area contributed by atoms with Crippen molar-refractivity contribution in [3.8, 4) is 11.5 Å². The fourth-order valence-corrected chi connectivity index (χ4v) is 5.06. The summed E-state index contributed by atoms with van der Waals surface area (Å²) in [6, 6.07) is 20.0. The number of hydrogen-bond donors (Lipinski definition) is 0. The molecule has 7 nitrogen and oxygen atoms in total. The lowest BCUT2D eigenvalue weighted by Gasteiger charge is -2.13. The highest BCUT2D eigenvalue weighted by Crippen LogP contribution is 2.36. The van der Waals surface area contributed by atoms with E-state index in [2.05, 4.69) is 0 Å². The third-order valence-corrected chi connectivity index (χ3v) is 7.21. The third kappa shape index (κ3) is 5.16. The van der Waals surface area contributed by atoms with Gasteiger partial charge >= 0.3 is 10.1 Å². The van der Waals surface area contributed by atoms with Crippen molar-refractivity contribution < 1.29 is 26.9 Å². The molecule has 3 aromatic rings. The number of ether oxygens (including phenoxy) is 1. The Labute approximate surface area is 202 Å². The van der Waals surface area contributed by atoms with Gasteiger partial charge < -0.3 is 8.92 Å². The Morgan fingerprint density at radius 3 is 2.32 bits per heavy atom. The molecule has 1 heterocycles. The summed E-state index contributed by atoms with van der Waals surface area (Å²) < 4.78 is 35.9. The summed E-state index contributed by atoms with van der Waals surface area (Å²) in [6.45, 7) is 2.14. The van der Waals surface area contributed by atoms with Crippen LogP contribution in [0.3, 0.4) is 0 Å². The molecule has 0 unspecified atom stereocenters. The number of carbonyl (C=O) groups is 2. The molecule has 2 amide bonds. The molecule has 0 aromatic heterocycles. The second-order valence-corrected chi connectivity index (χ2v) is 10.1. The zero-order chi connectivity index (χ0) is 24.3. The molecule has 3 aromatic carbocycles. The Hall–Kier alpha value is -3.56. The number of benzene rings is 3. The molecular weight excluding hydrogens is 474 g/mol. The van der Waals surface area contributed by atoms with Crippen LogP contribution < -0.4 is 8.92 Å². The highest BCUT2D eigenvalue weighted by molar-refractivity contribution is 8.18. The SMILES string of the molecule is COc1ccc(/C=C2\SC(=O)N(Cc3ccc(C)cc3)C2=O)cc1OS(=O)(=O)c1ccccc1. The average Bonchev–Trinajstić information content (AvgIpc) is 3.08. The van der Waals surface area contributed by atoms with Crippen molar-refractivity contribution in [1.29, 1.82) is 0 Å². The van der Waals surface area contributed by atoms with E-state index in [9.17, 15) is 18.0 Å². The lowest BCUT2D eigenvalue weighted by atomic mass is 10.1. The van der Waals surface area contributed by atoms with Crippen LogP contribution in [0.1, 0.15) is 16.7 Å². The maximum Gasteiger partial charge on any atom is 0.339 e. The van der Waals surface area contributed by atoms with Crippen LogP contribution in [-0.4, -0.2) is 31.6 Å². The topological polar surface area (TPSA) is 90.0 Å². The molecule has 1 aliphatic heterocycles. The van der Waals surface area contributed by atoms with Gasteiger partial charge in [-0.3, -0.25) is 14.5 Å². The van der Waals surface area contributed by atoms with E-state index in [4.69, 9.17) is 8.92 Å². The highest BCUT2D eigenvalue weighted by atomic mass is 32.2. The van der Waals surface area contributed by atoms with Crippen molar-refractivity contribution >= 4 is 39.1 Å². The van der Waals surface area contributed by atoms with E-state index >= 15 is 0 Å². The normalized spacial score (nSPS) is 15.1. The van der Waals surface area contributed by atoms with Gasteiger partial charge in [0.25, 0.3) is 11.1 Å². The van der Waals surface area contributed by atoms with E-state index in [0.29, 0.717) is 5.56 Å². The number of rotatable bonds is 7. The molecule has 174 valence electrons. The van der Waals surface area contributed by atoms with Gasteiger partial charge in [0.05, 0.1) is 18.6 Å². The Balaban J connectivity index is 1.59. The molecule has 0 atom stereocenters. The minimum atomic E-state index is -4.09. The molecule has 0 bridgehead atoms. The number of thioether (sulfide) groups is 1. The molecule has 0 N–H and O–H groups in total. The largest absolute Gasteiger partial charge is 0.493 e. The van der Waals surface area contributed by atoms with Crippen molar-refractivity contribution in [1.82, 2.24) is 4.90 Å². The smallest absolute Gasteiger partial charge is 0.339 e. The first-order valence-corrected chi connectivity index (χ1v) is 12.5. The van der Waals surface area contributed by atoms with Crippen LogP contribution >= 0.6 is 11.8 Å². The molecule has 0 saturated carbocycles. The summed E-state index contributed by atoms with van der Waals surface area (Å²) >= 11 is 0.833. The predicted molar refractivity (Wildman–Crippen MR) is 130 cm³/mol. The van der Waals surface area contributed by atoms with Gasteiger partial charge in [0.1, 0.15) is 4.90 Å². The number of carbonyl (C=O) groups excluding carboxylic acids is 2. The molecule has 0 spiro atoms. The van der Waals surface area contributed by atoms with Gasteiger partial charge in [-0.2, -0.15) is 8.42 Å². The van der Waals surface area contributed by atoms with Crippen LogP contribution in [0, 0.1) is 6.92 Å². The van der Waals surface area contributed by atoms with E-state index < -0.39 is 16.0 Å². The molecule has 34 heavy (non-hydrogen) atoms. The fourth-order valence-electron chi connectivity index (χ4n) is 3.27. The van der Waals surface area contributed by atoms with Crippen LogP contribution in [0.25, 0.3) is 6.08 Å². The molecule has 0 radical (unpaired) electrons. The Morgan fingerprint density at radius 1 is 0.941 bits per heavy atom. The van der Waals surface area contributed by atoms with Gasteiger partial charge in [-0.15, -0.1) is 0 Å². The summed E-state index contributed by atoms with van der Waals surface area (Å²) in [5.74, 6) is -0.228. The van der Waals surface area contributed by atoms with Gasteiger partial charge in [-0.05, 0) is 60.2 Å². The van der Waals surface area contributed by atoms with Gasteiger partial charge in [-0.1, -0.05) is 54.1 Å². The summed E-state index contributed by atoms with van der Waals surface area (Å²) in [4.78, 5) is 26.8. The second kappa shape index (κ2) is 9.74. The molecule has 4 rings (SSSR count). The number of nitrogens with zero attached hydrogens (tertiary/aromatic N) is 1. The van der Waals surface area contributed by atoms with Crippen LogP contribution in [0.15, 0.2) is 82.6 Å². The highest BCUT2D eigenvalue weighted by Gasteiger charge is 2.35. The molecule has 9 heteroatoms. The molecule has 1 fully saturated rings. The maximum absolute atomic E-state index is 12.9. The first kappa shape index (κ1) is 23.6. The molecule has 0 aliphatic carbocycles. The lowest BCUT2D eigenvalue weighted by molar-refractivity contribution is -0.123. The van der Waals surface area contributed by atoms with E-state index in [1.807, 2.05) is 31.2 Å². The van der Waals surface area contributed by atoms with E-state index in [0.717, 1.165) is 22.9 Å². The van der Waals surface area contributed by atoms with Crippen LogP contribution in [-0.2, 0) is 21.5 Å². The molecule has 1 saturated heterocycles. The van der Waals surface area contributed by atoms with Crippen molar-refractivity contribution in [2.45, 2.75) is 18.4 Å². The number of methoxy groups -OCH3 is 1. The van der Waals surface area contributed by atoms with Crippen LogP contribution in [0.5, 0.6) is 11.5 Å². The van der Waals surface area contributed by atoms with Crippen molar-refractivity contribution in [2.75, 3.05) is 7.11 Å². The summed E-state index contributed by atoms with van der Waals surface area (Å²) in [5, 5.41) is -0.367. The Morgan fingerprint density at radius 2 is 1.65 bits per heavy atom. The number of imide groups is 1. The molecule has 1 aliphatic rings. The number of hydrogen-bond acceptors (Lipinski definition) is 7. The first-order chi connectivity index (χ1) is 16.3. The van der Waals surface area contributed by atoms with E-state index in [1.54, 1.807) is 24.3 Å². The zero-order valence-corrected chi connectivity index (χ0v) is 20.1. The second-order valence-electron chi connectivity index (χ2n) is 7.51. The summed E-state index contributed by atoms with van der Waals surface area (Å²) in [7, 11) is -2.69. The van der Waals surface area contributed by atoms with Crippen molar-refractivity contribution in [3.05, 3.63) is 94.4 Å². The molecular formula is C25H21NO6S2. The van der Waals surface area contributed by atoms with Gasteiger partial charge in [0.15, 0.2) is 11.5 Å². The minimum Gasteiger partial charge on any atom is -0.493 e. The standard InChI is InChI=1S/C25H21NO6S2/c1-17-8-10-18(11-9-17)16-26-24(27)23(33-25(26)28)15-19-12-13-21(31-2)22(14-19)32-34(29,30)20-6-4-3-5-7-20/h3-15H,16H2,1-2H3/b23-15-. The van der Waals surface area contributed by atoms with Gasteiger partial charge in [-0.25, -0.2) is 0 Å². The zero-order valence-electron chi connectivity index (χ0n) is 18.4. The van der Waals surface area contributed by atoms with Crippen molar-refractivity contribution in [2.24, 2.45) is 0 Å². The Kier molecular flexibility index (Phi) is 6.76. The Bertz CT molecular complexity index is 1370. The quantitative estimate of drug-likeness (QED) is 0.336. The number of aryl methyl sites for hydroxylation is 1. The maximum atomic E-state index is 12.9. The third-order valence-electron chi connectivity index (χ3n) is 5.05. The van der Waals surface area contributed by atoms with E-state index in [1.165, 1.54) is 42.4 Å². The van der Waals surface area contributed by atoms with Crippen LogP contribution in [0.2, 0.25) is 0 Å². The van der Waals surface area contributed by atoms with Gasteiger partial charge in [0, 0.05) is 0 Å². The predicted octanol–water partition coefficient (Wildman–Crippen LogP) is 5.01. The number of amides is 2. The van der Waals surface area contributed by atoms with E-state index in [-0.39, 0.29) is 33.1 Å². The van der Waals surface area contributed by atoms with Crippen LogP contribution in [0.4, 0.5) is 4.79 Å². The van der Waals surface area contributed by atoms with Gasteiger partial charge in [0.2, 0.25) is 0 Å². The summed E-state index contributed by atoms with van der Waals surface area (Å²) in [5.41, 5.74) is 2.42. The van der Waals surface area contributed by atoms with Crippen molar-refractivity contribution in [3.63, 3.8) is 0 Å². The summed E-state index contributed by atoms with van der Waals surface area (Å²) in [6.07, 6.45) is 1.53. The monoisotopic (exact) mass is 495 g/mol. The fraction of sp³-hybridized carbons (Fsp3) is 0.120. The first-order valence-electron chi connectivity index (χ1n) is 10.3. The minimum absolute atomic E-state index is 0.000295. The average molecular weight is 496 g/mol.